The summed E-state index contributed by atoms with van der Waals surface area (Å²) in [5.41, 5.74) is 0. The molecule has 0 N–H and O–H groups in total. The Morgan fingerprint density at radius 3 is 2.50 bits per heavy atom. The van der Waals surface area contributed by atoms with Crippen molar-refractivity contribution in [3.05, 3.63) is 0 Å². The molecule has 1 aliphatic heterocycles. The fourth-order valence-electron chi connectivity index (χ4n) is 1.16. The molecule has 0 aromatic carbocycles. The van der Waals surface area contributed by atoms with Crippen molar-refractivity contribution in [2.45, 2.75) is 19.3 Å². The van der Waals surface area contributed by atoms with Crippen molar-refractivity contribution in [3.8, 4) is 0 Å². The summed E-state index contributed by atoms with van der Waals surface area (Å²) in [6.07, 6.45) is 3.66. The van der Waals surface area contributed by atoms with Crippen molar-refractivity contribution in [2.24, 2.45) is 0 Å². The predicted octanol–water partition coefficient (Wildman–Crippen LogP) is 1.37. The molecule has 1 rings (SSSR count). The molecule has 3 heteroatoms. The van der Waals surface area contributed by atoms with Gasteiger partial charge in [0.05, 0.1) is 6.61 Å². The predicted molar refractivity (Wildman–Crippen MR) is 37.4 cm³/mol. The molecule has 0 aromatic rings. The van der Waals surface area contributed by atoms with Gasteiger partial charge in [-0.1, -0.05) is 6.42 Å². The Kier molecular flexibility index (Phi) is 3.68. The number of hydroxylamine groups is 2. The van der Waals surface area contributed by atoms with E-state index in [1.807, 2.05) is 5.06 Å². The average molecular weight is 147 g/mol. The molecule has 1 fully saturated rings. The third kappa shape index (κ3) is 2.62. The molecule has 0 saturated carbocycles. The Hall–Kier alpha value is -0.150. The monoisotopic (exact) mass is 147 g/mol. The summed E-state index contributed by atoms with van der Waals surface area (Å²) in [6.45, 7) is 1.79. The highest BCUT2D eigenvalue weighted by Crippen LogP contribution is 2.08. The van der Waals surface area contributed by atoms with E-state index in [0.29, 0.717) is 0 Å². The van der Waals surface area contributed by atoms with Gasteiger partial charge in [-0.05, 0) is 12.8 Å². The second-order valence-corrected chi connectivity index (χ2v) is 2.51. The fraction of sp³-hybridized carbons (Fsp3) is 1.00. The molecule has 0 unspecified atom stereocenters. The molecule has 0 atom stereocenters. The van der Waals surface area contributed by atoms with Gasteiger partial charge >= 0.3 is 0 Å². The molecule has 0 spiro atoms. The summed E-state index contributed by atoms with van der Waals surface area (Å²) in [4.78, 5) is 5.09. The summed E-state index contributed by atoms with van der Waals surface area (Å²) in [7, 11) is 0. The van der Waals surface area contributed by atoms with Gasteiger partial charge in [-0.2, -0.15) is 5.06 Å². The van der Waals surface area contributed by atoms with Crippen LogP contribution in [0, 0.1) is 0 Å². The molecular weight excluding hydrogens is 133 g/mol. The van der Waals surface area contributed by atoms with Crippen molar-refractivity contribution >= 4 is 0 Å². The molecule has 0 amide bonds. The van der Waals surface area contributed by atoms with E-state index in [1.165, 1.54) is 19.3 Å². The maximum atomic E-state index is 11.6. The first-order chi connectivity index (χ1) is 4.93. The van der Waals surface area contributed by atoms with E-state index in [4.69, 9.17) is 4.84 Å². The normalized spacial score (nSPS) is 21.3. The van der Waals surface area contributed by atoms with E-state index in [-0.39, 0.29) is 13.3 Å². The summed E-state index contributed by atoms with van der Waals surface area (Å²) >= 11 is 0. The van der Waals surface area contributed by atoms with Gasteiger partial charge < -0.3 is 0 Å². The Bertz CT molecular complexity index is 83.7. The Balaban J connectivity index is 2.02. The topological polar surface area (TPSA) is 12.5 Å². The lowest BCUT2D eigenvalue weighted by molar-refractivity contribution is -0.170. The third-order valence-electron chi connectivity index (χ3n) is 1.67. The molecular formula is C7H14FNO. The second-order valence-electron chi connectivity index (χ2n) is 2.51. The summed E-state index contributed by atoms with van der Waals surface area (Å²) < 4.78 is 11.6. The minimum Gasteiger partial charge on any atom is -0.296 e. The van der Waals surface area contributed by atoms with E-state index >= 15 is 0 Å². The van der Waals surface area contributed by atoms with Gasteiger partial charge in [0.2, 0.25) is 0 Å². The number of hydrogen-bond acceptors (Lipinski definition) is 2. The SMILES string of the molecule is FCCON1CCCCC1. The van der Waals surface area contributed by atoms with Crippen molar-refractivity contribution in [3.63, 3.8) is 0 Å². The first kappa shape index (κ1) is 7.95. The van der Waals surface area contributed by atoms with E-state index in [0.717, 1.165) is 13.1 Å². The minimum atomic E-state index is -0.378. The van der Waals surface area contributed by atoms with Gasteiger partial charge in [-0.3, -0.25) is 4.84 Å². The molecule has 0 radical (unpaired) electrons. The fourth-order valence-corrected chi connectivity index (χ4v) is 1.16. The zero-order chi connectivity index (χ0) is 7.23. The quantitative estimate of drug-likeness (QED) is 0.598. The highest BCUT2D eigenvalue weighted by molar-refractivity contribution is 4.55. The number of halogens is 1. The van der Waals surface area contributed by atoms with Crippen LogP contribution >= 0.6 is 0 Å². The Labute approximate surface area is 60.9 Å². The first-order valence-corrected chi connectivity index (χ1v) is 3.87. The van der Waals surface area contributed by atoms with E-state index in [9.17, 15) is 4.39 Å². The van der Waals surface area contributed by atoms with Crippen LogP contribution in [0.2, 0.25) is 0 Å². The van der Waals surface area contributed by atoms with E-state index < -0.39 is 0 Å². The molecule has 1 heterocycles. The van der Waals surface area contributed by atoms with Crippen LogP contribution in [0.1, 0.15) is 19.3 Å². The lowest BCUT2D eigenvalue weighted by Gasteiger charge is -2.24. The van der Waals surface area contributed by atoms with Crippen LogP contribution in [0.4, 0.5) is 4.39 Å². The molecule has 0 bridgehead atoms. The van der Waals surface area contributed by atoms with Crippen LogP contribution < -0.4 is 0 Å². The maximum absolute atomic E-state index is 11.6. The first-order valence-electron chi connectivity index (χ1n) is 3.87. The number of hydrogen-bond donors (Lipinski definition) is 0. The molecule has 10 heavy (non-hydrogen) atoms. The van der Waals surface area contributed by atoms with Crippen LogP contribution in [0.15, 0.2) is 0 Å². The number of nitrogens with zero attached hydrogens (tertiary/aromatic N) is 1. The standard InChI is InChI=1S/C7H14FNO/c8-4-7-10-9-5-2-1-3-6-9/h1-7H2. The highest BCUT2D eigenvalue weighted by atomic mass is 19.1. The minimum absolute atomic E-state index is 0.222. The third-order valence-corrected chi connectivity index (χ3v) is 1.67. The van der Waals surface area contributed by atoms with Crippen molar-refractivity contribution < 1.29 is 9.23 Å². The van der Waals surface area contributed by atoms with Crippen molar-refractivity contribution in [2.75, 3.05) is 26.4 Å². The number of alkyl halides is 1. The lowest BCUT2D eigenvalue weighted by Crippen LogP contribution is -2.30. The largest absolute Gasteiger partial charge is 0.296 e. The smallest absolute Gasteiger partial charge is 0.115 e. The zero-order valence-corrected chi connectivity index (χ0v) is 6.18. The van der Waals surface area contributed by atoms with Crippen molar-refractivity contribution in [1.82, 2.24) is 5.06 Å². The van der Waals surface area contributed by atoms with Crippen LogP contribution in [-0.2, 0) is 4.84 Å². The molecule has 60 valence electrons. The highest BCUT2D eigenvalue weighted by Gasteiger charge is 2.09. The van der Waals surface area contributed by atoms with Crippen LogP contribution in [0.25, 0.3) is 0 Å². The molecule has 1 saturated heterocycles. The summed E-state index contributed by atoms with van der Waals surface area (Å²) in [6, 6.07) is 0. The number of rotatable bonds is 3. The van der Waals surface area contributed by atoms with Crippen molar-refractivity contribution in [1.29, 1.82) is 0 Å². The molecule has 2 nitrogen and oxygen atoms in total. The van der Waals surface area contributed by atoms with Gasteiger partial charge in [0, 0.05) is 13.1 Å². The average Bonchev–Trinajstić information content (AvgIpc) is 2.03. The summed E-state index contributed by atoms with van der Waals surface area (Å²) in [5, 5.41) is 1.86. The van der Waals surface area contributed by atoms with Crippen LogP contribution in [0.3, 0.4) is 0 Å². The van der Waals surface area contributed by atoms with Gasteiger partial charge in [-0.25, -0.2) is 4.39 Å². The van der Waals surface area contributed by atoms with E-state index in [1.54, 1.807) is 0 Å². The lowest BCUT2D eigenvalue weighted by atomic mass is 10.2. The summed E-state index contributed by atoms with van der Waals surface area (Å²) in [5.74, 6) is 0. The molecule has 0 aromatic heterocycles. The maximum Gasteiger partial charge on any atom is 0.115 e. The second kappa shape index (κ2) is 4.63. The van der Waals surface area contributed by atoms with Gasteiger partial charge in [0.15, 0.2) is 0 Å². The van der Waals surface area contributed by atoms with Gasteiger partial charge in [0.1, 0.15) is 6.67 Å². The van der Waals surface area contributed by atoms with Crippen LogP contribution in [0.5, 0.6) is 0 Å². The van der Waals surface area contributed by atoms with Gasteiger partial charge in [-0.15, -0.1) is 0 Å². The van der Waals surface area contributed by atoms with E-state index in [2.05, 4.69) is 0 Å². The molecule has 0 aliphatic carbocycles. The molecule has 1 aliphatic rings. The Morgan fingerprint density at radius 1 is 1.20 bits per heavy atom. The Morgan fingerprint density at radius 2 is 1.90 bits per heavy atom. The van der Waals surface area contributed by atoms with Crippen LogP contribution in [-0.4, -0.2) is 31.4 Å². The number of piperidine rings is 1. The van der Waals surface area contributed by atoms with Gasteiger partial charge in [0.25, 0.3) is 0 Å². The zero-order valence-electron chi connectivity index (χ0n) is 6.18.